The second kappa shape index (κ2) is 9.08. The molecule has 0 radical (unpaired) electrons. The summed E-state index contributed by atoms with van der Waals surface area (Å²) in [6, 6.07) is 0. The Bertz CT molecular complexity index is 954. The average Bonchev–Trinajstić information content (AvgIpc) is 2.74. The van der Waals surface area contributed by atoms with E-state index in [1.807, 2.05) is 6.08 Å². The van der Waals surface area contributed by atoms with Gasteiger partial charge in [0.15, 0.2) is 0 Å². The number of likely N-dealkylation sites (N-methyl/N-ethyl adjacent to an activating group) is 1. The number of aliphatic imine (C=N–C) groups is 1. The molecule has 0 bridgehead atoms. The second-order valence-electron chi connectivity index (χ2n) is 7.71. The molecule has 1 aliphatic carbocycles. The molecule has 1 atom stereocenters. The second-order valence-corrected chi connectivity index (χ2v) is 7.71. The Morgan fingerprint density at radius 2 is 2.03 bits per heavy atom. The molecule has 0 aromatic carbocycles. The zero-order valence-electron chi connectivity index (χ0n) is 17.4. The highest BCUT2D eigenvalue weighted by molar-refractivity contribution is 6.15. The van der Waals surface area contributed by atoms with Gasteiger partial charge in [0, 0.05) is 33.6 Å². The van der Waals surface area contributed by atoms with E-state index >= 15 is 0 Å². The van der Waals surface area contributed by atoms with Crippen molar-refractivity contribution >= 4 is 30.2 Å². The lowest BCUT2D eigenvalue weighted by molar-refractivity contribution is -0.385. The van der Waals surface area contributed by atoms with Gasteiger partial charge in [-0.3, -0.25) is 9.79 Å². The Morgan fingerprint density at radius 3 is 2.63 bits per heavy atom. The summed E-state index contributed by atoms with van der Waals surface area (Å²) < 4.78 is 0.928. The van der Waals surface area contributed by atoms with Crippen molar-refractivity contribution in [2.75, 3.05) is 27.2 Å². The number of hydrogen-bond acceptors (Lipinski definition) is 6. The average molecular weight is 411 g/mol. The number of rotatable bonds is 6. The molecule has 2 fully saturated rings. The summed E-state index contributed by atoms with van der Waals surface area (Å²) in [6.45, 7) is 5.09. The van der Waals surface area contributed by atoms with Gasteiger partial charge >= 0.3 is 17.8 Å². The maximum Gasteiger partial charge on any atom is 0.403 e. The van der Waals surface area contributed by atoms with Crippen LogP contribution in [0.4, 0.5) is 0 Å². The summed E-state index contributed by atoms with van der Waals surface area (Å²) in [5.41, 5.74) is 9.21. The third-order valence-electron chi connectivity index (χ3n) is 5.89. The van der Waals surface area contributed by atoms with Crippen molar-refractivity contribution in [1.29, 1.82) is 0 Å². The zero-order chi connectivity index (χ0) is 21.8. The first-order valence-electron chi connectivity index (χ1n) is 10.1. The number of imide groups is 1. The molecule has 0 saturated carbocycles. The summed E-state index contributed by atoms with van der Waals surface area (Å²) in [5.74, 6) is -1.72. The molecule has 2 heterocycles. The van der Waals surface area contributed by atoms with Crippen molar-refractivity contribution in [2.24, 2.45) is 16.8 Å². The molecule has 2 saturated heterocycles. The van der Waals surface area contributed by atoms with Crippen LogP contribution < -0.4 is 5.32 Å². The lowest BCUT2D eigenvalue weighted by Gasteiger charge is -2.33. The topological polar surface area (TPSA) is 102 Å². The summed E-state index contributed by atoms with van der Waals surface area (Å²) in [4.78, 5) is 41.8. The maximum absolute atomic E-state index is 12.6. The van der Waals surface area contributed by atoms with E-state index in [1.165, 1.54) is 0 Å². The molecule has 3 aliphatic rings. The highest BCUT2D eigenvalue weighted by Gasteiger charge is 2.42. The number of piperidine rings is 2. The number of nitrogens with zero attached hydrogens (tertiary/aromatic N) is 3. The van der Waals surface area contributed by atoms with Crippen LogP contribution in [0.15, 0.2) is 39.5 Å². The summed E-state index contributed by atoms with van der Waals surface area (Å²) >= 11 is 0. The number of carbonyl (C=O) groups is 3. The van der Waals surface area contributed by atoms with Gasteiger partial charge in [-0.15, -0.1) is 4.58 Å². The number of allylic oxidation sites excluding steroid dienone is 2. The van der Waals surface area contributed by atoms with Gasteiger partial charge in [-0.05, 0) is 37.0 Å². The van der Waals surface area contributed by atoms with Gasteiger partial charge in [0.2, 0.25) is 0 Å². The Hall–Kier alpha value is -3.21. The number of aliphatic carboxylic acids is 1. The van der Waals surface area contributed by atoms with Crippen LogP contribution in [-0.4, -0.2) is 72.0 Å². The van der Waals surface area contributed by atoms with Gasteiger partial charge in [-0.2, -0.15) is 0 Å². The van der Waals surface area contributed by atoms with Crippen LogP contribution in [-0.2, 0) is 14.4 Å². The van der Waals surface area contributed by atoms with Gasteiger partial charge < -0.3 is 15.3 Å². The Balaban J connectivity index is 1.85. The van der Waals surface area contributed by atoms with Crippen LogP contribution in [0.25, 0.3) is 0 Å². The van der Waals surface area contributed by atoms with Crippen molar-refractivity contribution < 1.29 is 24.1 Å². The van der Waals surface area contributed by atoms with Gasteiger partial charge in [-0.1, -0.05) is 5.73 Å². The minimum absolute atomic E-state index is 0.204. The maximum atomic E-state index is 12.6. The molecular weight excluding hydrogens is 384 g/mol. The van der Waals surface area contributed by atoms with Crippen molar-refractivity contribution in [2.45, 2.75) is 32.1 Å². The third-order valence-corrected chi connectivity index (χ3v) is 5.89. The Morgan fingerprint density at radius 1 is 1.33 bits per heavy atom. The standard InChI is InChI=1S/C22H26N4O4/c1-23-18-13-15(26-10-8-14(9-11-26)12-20(28)29)4-5-16(18)21(24-2)17-6-7-19(27)25(3)22(17)30/h13-14,17H,3,6-12H2,1-2H3,(H-,23,24,28,29)/p+1. The number of amides is 2. The summed E-state index contributed by atoms with van der Waals surface area (Å²) in [6.07, 6.45) is 4.45. The van der Waals surface area contributed by atoms with Gasteiger partial charge in [0.25, 0.3) is 0 Å². The molecule has 8 heteroatoms. The molecule has 0 aromatic rings. The number of likely N-dealkylation sites (tertiary alicyclic amines) is 1. The third kappa shape index (κ3) is 4.35. The van der Waals surface area contributed by atoms with Gasteiger partial charge in [0.05, 0.1) is 29.1 Å². The monoisotopic (exact) mass is 411 g/mol. The molecule has 30 heavy (non-hydrogen) atoms. The van der Waals surface area contributed by atoms with Crippen LogP contribution in [0, 0.1) is 11.8 Å². The Labute approximate surface area is 175 Å². The quantitative estimate of drug-likeness (QED) is 0.294. The van der Waals surface area contributed by atoms with E-state index in [2.05, 4.69) is 33.4 Å². The van der Waals surface area contributed by atoms with Gasteiger partial charge in [-0.25, -0.2) is 9.59 Å². The highest BCUT2D eigenvalue weighted by Crippen LogP contribution is 2.28. The number of hydrogen-bond donors (Lipinski definition) is 2. The summed E-state index contributed by atoms with van der Waals surface area (Å²) in [5, 5.41) is 12.1. The lowest BCUT2D eigenvalue weighted by atomic mass is 9.86. The molecule has 2 amide bonds. The van der Waals surface area contributed by atoms with Crippen LogP contribution in [0.3, 0.4) is 0 Å². The summed E-state index contributed by atoms with van der Waals surface area (Å²) in [7, 11) is 3.42. The predicted molar refractivity (Wildman–Crippen MR) is 111 cm³/mol. The largest absolute Gasteiger partial charge is 0.481 e. The predicted octanol–water partition coefficient (Wildman–Crippen LogP) is 1.10. The molecular formula is C22H27N4O4+. The first-order valence-corrected chi connectivity index (χ1v) is 10.1. The Kier molecular flexibility index (Phi) is 6.50. The SMILES string of the molecule is C=[N+]1C(=O)CCC(C(=NC)C2=C=C=C(N3CCC(CC(=O)O)CC3)C=C2NC)C1=O. The van der Waals surface area contributed by atoms with Crippen LogP contribution in [0.2, 0.25) is 0 Å². The van der Waals surface area contributed by atoms with E-state index in [-0.39, 0.29) is 30.6 Å². The molecule has 8 nitrogen and oxygen atoms in total. The fourth-order valence-electron chi connectivity index (χ4n) is 4.17. The van der Waals surface area contributed by atoms with Crippen molar-refractivity contribution in [1.82, 2.24) is 10.2 Å². The van der Waals surface area contributed by atoms with E-state index < -0.39 is 11.9 Å². The molecule has 2 aliphatic heterocycles. The first-order chi connectivity index (χ1) is 14.3. The smallest absolute Gasteiger partial charge is 0.403 e. The normalized spacial score (nSPS) is 23.2. The number of carboxylic acid groups (broad SMARTS) is 1. The minimum atomic E-state index is -0.749. The van der Waals surface area contributed by atoms with E-state index in [0.29, 0.717) is 17.7 Å². The van der Waals surface area contributed by atoms with E-state index in [0.717, 1.165) is 41.9 Å². The van der Waals surface area contributed by atoms with E-state index in [9.17, 15) is 14.4 Å². The molecule has 0 aromatic heterocycles. The van der Waals surface area contributed by atoms with E-state index in [1.54, 1.807) is 14.1 Å². The highest BCUT2D eigenvalue weighted by atomic mass is 16.4. The first kappa shape index (κ1) is 21.5. The number of carboxylic acids is 1. The van der Waals surface area contributed by atoms with Crippen LogP contribution in [0.5, 0.6) is 0 Å². The molecule has 3 rings (SSSR count). The van der Waals surface area contributed by atoms with Gasteiger partial charge in [0.1, 0.15) is 12.6 Å². The van der Waals surface area contributed by atoms with Crippen molar-refractivity contribution in [3.05, 3.63) is 34.5 Å². The molecule has 2 N–H and O–H groups in total. The fourth-order valence-corrected chi connectivity index (χ4v) is 4.17. The van der Waals surface area contributed by atoms with Crippen LogP contribution in [0.1, 0.15) is 32.1 Å². The van der Waals surface area contributed by atoms with E-state index in [4.69, 9.17) is 5.11 Å². The van der Waals surface area contributed by atoms with Crippen molar-refractivity contribution in [3.8, 4) is 0 Å². The minimum Gasteiger partial charge on any atom is -0.481 e. The van der Waals surface area contributed by atoms with Crippen molar-refractivity contribution in [3.63, 3.8) is 0 Å². The fraction of sp³-hybridized carbons (Fsp3) is 0.500. The van der Waals surface area contributed by atoms with Crippen LogP contribution >= 0.6 is 0 Å². The lowest BCUT2D eigenvalue weighted by Crippen LogP contribution is -2.42. The molecule has 158 valence electrons. The molecule has 1 unspecified atom stereocenters. The molecule has 0 spiro atoms. The number of carbonyl (C=O) groups excluding carboxylic acids is 2. The number of nitrogens with one attached hydrogen (secondary N) is 1. The zero-order valence-corrected chi connectivity index (χ0v) is 17.4.